The van der Waals surface area contributed by atoms with Gasteiger partial charge in [-0.05, 0) is 51.8 Å². The normalized spacial score (nSPS) is 10.9. The highest BCUT2D eigenvalue weighted by molar-refractivity contribution is 9.10. The minimum atomic E-state index is -1.07. The zero-order chi connectivity index (χ0) is 16.1. The number of ether oxygens (including phenoxy) is 1. The first-order chi connectivity index (χ1) is 10.5. The fourth-order valence-electron chi connectivity index (χ4n) is 1.75. The van der Waals surface area contributed by atoms with E-state index in [1.54, 1.807) is 24.3 Å². The highest BCUT2D eigenvalue weighted by Gasteiger charge is 2.09. The van der Waals surface area contributed by atoms with Crippen molar-refractivity contribution in [2.75, 3.05) is 0 Å². The molecule has 22 heavy (non-hydrogen) atoms. The van der Waals surface area contributed by atoms with E-state index in [-0.39, 0.29) is 12.4 Å². The lowest BCUT2D eigenvalue weighted by Gasteiger charge is -2.12. The Morgan fingerprint density at radius 2 is 2.00 bits per heavy atom. The third-order valence-corrected chi connectivity index (χ3v) is 3.55. The summed E-state index contributed by atoms with van der Waals surface area (Å²) in [5.74, 6) is -0.923. The van der Waals surface area contributed by atoms with E-state index in [9.17, 15) is 9.18 Å². The van der Waals surface area contributed by atoms with E-state index in [2.05, 4.69) is 15.9 Å². The zero-order valence-corrected chi connectivity index (χ0v) is 13.6. The maximum absolute atomic E-state index is 12.9. The van der Waals surface area contributed by atoms with Crippen LogP contribution in [0.5, 0.6) is 5.75 Å². The minimum Gasteiger partial charge on any atom is -0.487 e. The number of carboxylic acid groups (broad SMARTS) is 1. The van der Waals surface area contributed by atoms with Crippen molar-refractivity contribution in [3.8, 4) is 5.75 Å². The number of benzene rings is 2. The van der Waals surface area contributed by atoms with Crippen molar-refractivity contribution in [2.45, 2.75) is 6.61 Å². The van der Waals surface area contributed by atoms with Crippen molar-refractivity contribution in [3.63, 3.8) is 0 Å². The average molecular weight is 386 g/mol. The second-order valence-corrected chi connectivity index (χ2v) is 5.68. The number of hydrogen-bond donors (Lipinski definition) is 1. The van der Waals surface area contributed by atoms with Crippen LogP contribution in [0.1, 0.15) is 11.1 Å². The van der Waals surface area contributed by atoms with Gasteiger partial charge in [0.1, 0.15) is 18.2 Å². The Morgan fingerprint density at radius 1 is 1.32 bits per heavy atom. The quantitative estimate of drug-likeness (QED) is 0.743. The second kappa shape index (κ2) is 7.42. The summed E-state index contributed by atoms with van der Waals surface area (Å²) in [6.45, 7) is 0.217. The predicted molar refractivity (Wildman–Crippen MR) is 86.6 cm³/mol. The van der Waals surface area contributed by atoms with Crippen molar-refractivity contribution in [1.29, 1.82) is 0 Å². The van der Waals surface area contributed by atoms with Gasteiger partial charge in [-0.3, -0.25) is 0 Å². The van der Waals surface area contributed by atoms with Crippen LogP contribution in [0, 0.1) is 5.82 Å². The average Bonchev–Trinajstić information content (AvgIpc) is 2.45. The van der Waals surface area contributed by atoms with Gasteiger partial charge in [0.05, 0.1) is 4.47 Å². The van der Waals surface area contributed by atoms with E-state index in [1.165, 1.54) is 18.2 Å². The SMILES string of the molecule is O=C(O)C=Cc1cc(Cl)cc(Br)c1OCc1ccc(F)cc1. The highest BCUT2D eigenvalue weighted by Crippen LogP contribution is 2.34. The molecule has 0 saturated carbocycles. The van der Waals surface area contributed by atoms with Crippen LogP contribution in [-0.4, -0.2) is 11.1 Å². The van der Waals surface area contributed by atoms with Gasteiger partial charge in [0.15, 0.2) is 0 Å². The lowest BCUT2D eigenvalue weighted by atomic mass is 10.2. The summed E-state index contributed by atoms with van der Waals surface area (Å²) < 4.78 is 19.2. The summed E-state index contributed by atoms with van der Waals surface area (Å²) in [6.07, 6.45) is 2.40. The van der Waals surface area contributed by atoms with Gasteiger partial charge in [-0.25, -0.2) is 9.18 Å². The maximum atomic E-state index is 12.9. The summed E-state index contributed by atoms with van der Waals surface area (Å²) in [6, 6.07) is 9.19. The lowest BCUT2D eigenvalue weighted by Crippen LogP contribution is -1.98. The van der Waals surface area contributed by atoms with Crippen molar-refractivity contribution < 1.29 is 19.0 Å². The molecule has 6 heteroatoms. The van der Waals surface area contributed by atoms with E-state index in [4.69, 9.17) is 21.4 Å². The van der Waals surface area contributed by atoms with Crippen LogP contribution >= 0.6 is 27.5 Å². The van der Waals surface area contributed by atoms with Gasteiger partial charge in [-0.15, -0.1) is 0 Å². The fourth-order valence-corrected chi connectivity index (χ4v) is 2.70. The third kappa shape index (κ3) is 4.58. The molecule has 0 radical (unpaired) electrons. The van der Waals surface area contributed by atoms with Gasteiger partial charge < -0.3 is 9.84 Å². The van der Waals surface area contributed by atoms with Crippen LogP contribution in [0.4, 0.5) is 4.39 Å². The summed E-state index contributed by atoms with van der Waals surface area (Å²) in [5, 5.41) is 9.18. The summed E-state index contributed by atoms with van der Waals surface area (Å²) in [7, 11) is 0. The standard InChI is InChI=1S/C16H11BrClFO3/c17-14-8-12(18)7-11(3-6-15(20)21)16(14)22-9-10-1-4-13(19)5-2-10/h1-8H,9H2,(H,20,21). The summed E-state index contributed by atoms with van der Waals surface area (Å²) in [4.78, 5) is 10.7. The molecule has 2 rings (SSSR count). The monoisotopic (exact) mass is 384 g/mol. The summed E-state index contributed by atoms with van der Waals surface area (Å²) >= 11 is 9.30. The molecule has 114 valence electrons. The Morgan fingerprint density at radius 3 is 2.64 bits per heavy atom. The number of halogens is 3. The van der Waals surface area contributed by atoms with Gasteiger partial charge in [0, 0.05) is 16.7 Å². The van der Waals surface area contributed by atoms with Crippen LogP contribution < -0.4 is 4.74 Å². The van der Waals surface area contributed by atoms with Gasteiger partial charge in [-0.1, -0.05) is 23.7 Å². The Labute approximate surface area is 140 Å². The van der Waals surface area contributed by atoms with E-state index in [0.29, 0.717) is 20.8 Å². The predicted octanol–water partition coefficient (Wildman–Crippen LogP) is 4.92. The van der Waals surface area contributed by atoms with Gasteiger partial charge in [-0.2, -0.15) is 0 Å². The molecule has 2 aromatic carbocycles. The second-order valence-electron chi connectivity index (χ2n) is 4.39. The molecule has 0 fully saturated rings. The Hall–Kier alpha value is -1.85. The number of carbonyl (C=O) groups is 1. The Balaban J connectivity index is 2.25. The molecule has 0 heterocycles. The Kier molecular flexibility index (Phi) is 5.57. The number of carboxylic acids is 1. The van der Waals surface area contributed by atoms with Crippen molar-refractivity contribution >= 4 is 39.6 Å². The summed E-state index contributed by atoms with van der Waals surface area (Å²) in [5.41, 5.74) is 1.32. The molecular weight excluding hydrogens is 375 g/mol. The third-order valence-electron chi connectivity index (χ3n) is 2.74. The van der Waals surface area contributed by atoms with Crippen LogP contribution in [0.2, 0.25) is 5.02 Å². The lowest BCUT2D eigenvalue weighted by molar-refractivity contribution is -0.131. The molecule has 1 N–H and O–H groups in total. The van der Waals surface area contributed by atoms with Crippen LogP contribution in [0.25, 0.3) is 6.08 Å². The largest absolute Gasteiger partial charge is 0.487 e. The van der Waals surface area contributed by atoms with Crippen LogP contribution in [0.15, 0.2) is 46.9 Å². The molecule has 0 unspecified atom stereocenters. The molecule has 3 nitrogen and oxygen atoms in total. The first-order valence-corrected chi connectivity index (χ1v) is 7.40. The van der Waals surface area contributed by atoms with E-state index in [0.717, 1.165) is 11.6 Å². The molecule has 0 spiro atoms. The molecule has 0 aliphatic heterocycles. The first-order valence-electron chi connectivity index (χ1n) is 6.23. The molecule has 0 amide bonds. The molecular formula is C16H11BrClFO3. The van der Waals surface area contributed by atoms with Crippen LogP contribution in [-0.2, 0) is 11.4 Å². The molecule has 0 saturated heterocycles. The van der Waals surface area contributed by atoms with Crippen LogP contribution in [0.3, 0.4) is 0 Å². The van der Waals surface area contributed by atoms with E-state index in [1.807, 2.05) is 0 Å². The smallest absolute Gasteiger partial charge is 0.328 e. The van der Waals surface area contributed by atoms with Crippen molar-refractivity contribution in [2.24, 2.45) is 0 Å². The molecule has 2 aromatic rings. The molecule has 0 aliphatic carbocycles. The van der Waals surface area contributed by atoms with Gasteiger partial charge in [0.25, 0.3) is 0 Å². The van der Waals surface area contributed by atoms with Crippen molar-refractivity contribution in [1.82, 2.24) is 0 Å². The number of aliphatic carboxylic acids is 1. The minimum absolute atomic E-state index is 0.217. The van der Waals surface area contributed by atoms with E-state index < -0.39 is 5.97 Å². The maximum Gasteiger partial charge on any atom is 0.328 e. The number of hydrogen-bond acceptors (Lipinski definition) is 2. The first kappa shape index (κ1) is 16.5. The molecule has 0 aromatic heterocycles. The Bertz CT molecular complexity index is 714. The van der Waals surface area contributed by atoms with Gasteiger partial charge >= 0.3 is 5.97 Å². The molecule has 0 bridgehead atoms. The number of rotatable bonds is 5. The topological polar surface area (TPSA) is 46.5 Å². The zero-order valence-electron chi connectivity index (χ0n) is 11.2. The molecule has 0 atom stereocenters. The molecule has 0 aliphatic rings. The van der Waals surface area contributed by atoms with E-state index >= 15 is 0 Å². The van der Waals surface area contributed by atoms with Crippen molar-refractivity contribution in [3.05, 3.63) is 68.9 Å². The van der Waals surface area contributed by atoms with Gasteiger partial charge in [0.2, 0.25) is 0 Å². The highest BCUT2D eigenvalue weighted by atomic mass is 79.9. The fraction of sp³-hybridized carbons (Fsp3) is 0.0625.